The van der Waals surface area contributed by atoms with E-state index in [0.29, 0.717) is 24.2 Å². The molecule has 0 atom stereocenters. The van der Waals surface area contributed by atoms with Gasteiger partial charge in [0.25, 0.3) is 0 Å². The van der Waals surface area contributed by atoms with Crippen LogP contribution in [0, 0.1) is 5.92 Å². The second-order valence-corrected chi connectivity index (χ2v) is 6.50. The Bertz CT molecular complexity index is 814. The molecule has 1 heterocycles. The summed E-state index contributed by atoms with van der Waals surface area (Å²) in [4.78, 5) is 9.00. The standard InChI is InChI=1S/C21H23N3O/c1-15(2)12-18-13-20(22)24-21(23-18)17-8-10-19(11-9-17)25-14-16-6-4-3-5-7-16/h3-11,13,15H,12,14H2,1-2H3,(H2,22,23,24). The van der Waals surface area contributed by atoms with Crippen LogP contribution in [0.2, 0.25) is 0 Å². The molecule has 0 aliphatic heterocycles. The smallest absolute Gasteiger partial charge is 0.161 e. The monoisotopic (exact) mass is 333 g/mol. The largest absolute Gasteiger partial charge is 0.489 e. The van der Waals surface area contributed by atoms with Gasteiger partial charge in [0.1, 0.15) is 18.2 Å². The van der Waals surface area contributed by atoms with Crippen LogP contribution in [0.3, 0.4) is 0 Å². The highest BCUT2D eigenvalue weighted by molar-refractivity contribution is 5.58. The van der Waals surface area contributed by atoms with Gasteiger partial charge < -0.3 is 10.5 Å². The number of hydrogen-bond acceptors (Lipinski definition) is 4. The van der Waals surface area contributed by atoms with Crippen LogP contribution < -0.4 is 10.5 Å². The molecule has 0 radical (unpaired) electrons. The highest BCUT2D eigenvalue weighted by Gasteiger charge is 2.07. The zero-order valence-electron chi connectivity index (χ0n) is 14.6. The normalized spacial score (nSPS) is 10.8. The molecule has 0 unspecified atom stereocenters. The summed E-state index contributed by atoms with van der Waals surface area (Å²) >= 11 is 0. The molecule has 4 heteroatoms. The van der Waals surface area contributed by atoms with Crippen molar-refractivity contribution in [3.8, 4) is 17.1 Å². The average molecular weight is 333 g/mol. The Hall–Kier alpha value is -2.88. The zero-order chi connectivity index (χ0) is 17.6. The molecule has 0 aliphatic carbocycles. The van der Waals surface area contributed by atoms with E-state index in [0.717, 1.165) is 29.0 Å². The lowest BCUT2D eigenvalue weighted by atomic mass is 10.1. The van der Waals surface area contributed by atoms with Crippen molar-refractivity contribution in [2.24, 2.45) is 5.92 Å². The molecule has 3 rings (SSSR count). The van der Waals surface area contributed by atoms with Crippen LogP contribution in [0.25, 0.3) is 11.4 Å². The molecule has 0 fully saturated rings. The molecule has 1 aromatic heterocycles. The van der Waals surface area contributed by atoms with Gasteiger partial charge in [0.15, 0.2) is 5.82 Å². The summed E-state index contributed by atoms with van der Waals surface area (Å²) in [6.45, 7) is 4.88. The van der Waals surface area contributed by atoms with Crippen molar-refractivity contribution in [1.29, 1.82) is 0 Å². The number of aromatic nitrogens is 2. The first-order chi connectivity index (χ1) is 12.1. The van der Waals surface area contributed by atoms with E-state index in [2.05, 4.69) is 23.8 Å². The fraction of sp³-hybridized carbons (Fsp3) is 0.238. The SMILES string of the molecule is CC(C)Cc1cc(N)nc(-c2ccc(OCc3ccccc3)cc2)n1. The summed E-state index contributed by atoms with van der Waals surface area (Å²) in [5, 5.41) is 0. The van der Waals surface area contributed by atoms with Crippen molar-refractivity contribution in [3.05, 3.63) is 71.9 Å². The summed E-state index contributed by atoms with van der Waals surface area (Å²) in [7, 11) is 0. The van der Waals surface area contributed by atoms with Gasteiger partial charge in [0.05, 0.1) is 0 Å². The first kappa shape index (κ1) is 17.0. The van der Waals surface area contributed by atoms with Gasteiger partial charge in [-0.1, -0.05) is 44.2 Å². The molecule has 128 valence electrons. The minimum atomic E-state index is 0.505. The quantitative estimate of drug-likeness (QED) is 0.721. The topological polar surface area (TPSA) is 61.0 Å². The van der Waals surface area contributed by atoms with E-state index in [1.54, 1.807) is 0 Å². The van der Waals surface area contributed by atoms with E-state index in [1.165, 1.54) is 0 Å². The van der Waals surface area contributed by atoms with E-state index in [-0.39, 0.29) is 0 Å². The predicted molar refractivity (Wildman–Crippen MR) is 101 cm³/mol. The van der Waals surface area contributed by atoms with Crippen molar-refractivity contribution in [1.82, 2.24) is 9.97 Å². The number of rotatable bonds is 6. The van der Waals surface area contributed by atoms with E-state index in [4.69, 9.17) is 10.5 Å². The number of benzene rings is 2. The minimum absolute atomic E-state index is 0.505. The third kappa shape index (κ3) is 4.80. The second-order valence-electron chi connectivity index (χ2n) is 6.50. The molecule has 0 spiro atoms. The van der Waals surface area contributed by atoms with E-state index < -0.39 is 0 Å². The van der Waals surface area contributed by atoms with Gasteiger partial charge in [-0.15, -0.1) is 0 Å². The maximum Gasteiger partial charge on any atom is 0.161 e. The van der Waals surface area contributed by atoms with Gasteiger partial charge in [-0.2, -0.15) is 0 Å². The summed E-state index contributed by atoms with van der Waals surface area (Å²) in [6, 6.07) is 19.8. The first-order valence-corrected chi connectivity index (χ1v) is 8.51. The molecule has 0 aliphatic rings. The Kier molecular flexibility index (Phi) is 5.29. The molecule has 4 nitrogen and oxygen atoms in total. The van der Waals surface area contributed by atoms with Crippen molar-refractivity contribution < 1.29 is 4.74 Å². The zero-order valence-corrected chi connectivity index (χ0v) is 14.6. The molecule has 0 amide bonds. The summed E-state index contributed by atoms with van der Waals surface area (Å²) in [6.07, 6.45) is 0.887. The van der Waals surface area contributed by atoms with Crippen LogP contribution >= 0.6 is 0 Å². The molecular weight excluding hydrogens is 310 g/mol. The van der Waals surface area contributed by atoms with Gasteiger partial charge in [-0.25, -0.2) is 9.97 Å². The maximum atomic E-state index is 5.94. The van der Waals surface area contributed by atoms with Crippen molar-refractivity contribution in [2.45, 2.75) is 26.9 Å². The predicted octanol–water partition coefficient (Wildman–Crippen LogP) is 4.50. The van der Waals surface area contributed by atoms with E-state index in [9.17, 15) is 0 Å². The lowest BCUT2D eigenvalue weighted by molar-refractivity contribution is 0.306. The third-order valence-electron chi connectivity index (χ3n) is 3.78. The molecular formula is C21H23N3O. The van der Waals surface area contributed by atoms with Crippen molar-refractivity contribution in [2.75, 3.05) is 5.73 Å². The molecule has 3 aromatic rings. The Labute approximate surface area is 148 Å². The van der Waals surface area contributed by atoms with Crippen molar-refractivity contribution >= 4 is 5.82 Å². The van der Waals surface area contributed by atoms with Gasteiger partial charge in [0, 0.05) is 17.3 Å². The molecule has 0 bridgehead atoms. The molecule has 0 saturated carbocycles. The minimum Gasteiger partial charge on any atom is -0.489 e. The number of nitrogen functional groups attached to an aromatic ring is 1. The number of ether oxygens (including phenoxy) is 1. The Morgan fingerprint density at radius 2 is 1.68 bits per heavy atom. The Balaban J connectivity index is 1.72. The Morgan fingerprint density at radius 3 is 2.36 bits per heavy atom. The maximum absolute atomic E-state index is 5.94. The number of anilines is 1. The van der Waals surface area contributed by atoms with Gasteiger partial charge in [-0.3, -0.25) is 0 Å². The third-order valence-corrected chi connectivity index (χ3v) is 3.78. The van der Waals surface area contributed by atoms with Crippen LogP contribution in [-0.2, 0) is 13.0 Å². The molecule has 2 aromatic carbocycles. The average Bonchev–Trinajstić information content (AvgIpc) is 2.60. The molecule has 25 heavy (non-hydrogen) atoms. The lowest BCUT2D eigenvalue weighted by Crippen LogP contribution is -2.03. The molecule has 0 saturated heterocycles. The lowest BCUT2D eigenvalue weighted by Gasteiger charge is -2.09. The first-order valence-electron chi connectivity index (χ1n) is 8.51. The summed E-state index contributed by atoms with van der Waals surface area (Å²) in [5.74, 6) is 2.50. The van der Waals surface area contributed by atoms with Crippen LogP contribution in [0.1, 0.15) is 25.1 Å². The number of nitrogens with two attached hydrogens (primary N) is 1. The number of nitrogens with zero attached hydrogens (tertiary/aromatic N) is 2. The summed E-state index contributed by atoms with van der Waals surface area (Å²) in [5.41, 5.74) is 8.99. The highest BCUT2D eigenvalue weighted by atomic mass is 16.5. The van der Waals surface area contributed by atoms with Crippen LogP contribution in [0.4, 0.5) is 5.82 Å². The Morgan fingerprint density at radius 1 is 0.960 bits per heavy atom. The van der Waals surface area contributed by atoms with Crippen LogP contribution in [-0.4, -0.2) is 9.97 Å². The van der Waals surface area contributed by atoms with Gasteiger partial charge in [0.2, 0.25) is 0 Å². The highest BCUT2D eigenvalue weighted by Crippen LogP contribution is 2.22. The number of hydrogen-bond donors (Lipinski definition) is 1. The fourth-order valence-corrected chi connectivity index (χ4v) is 2.61. The molecule has 2 N–H and O–H groups in total. The van der Waals surface area contributed by atoms with E-state index in [1.807, 2.05) is 60.7 Å². The van der Waals surface area contributed by atoms with Gasteiger partial charge >= 0.3 is 0 Å². The van der Waals surface area contributed by atoms with Crippen LogP contribution in [0.5, 0.6) is 5.75 Å². The second kappa shape index (κ2) is 7.79. The summed E-state index contributed by atoms with van der Waals surface area (Å²) < 4.78 is 5.82. The van der Waals surface area contributed by atoms with Crippen LogP contribution in [0.15, 0.2) is 60.7 Å². The van der Waals surface area contributed by atoms with E-state index >= 15 is 0 Å². The van der Waals surface area contributed by atoms with Crippen molar-refractivity contribution in [3.63, 3.8) is 0 Å². The van der Waals surface area contributed by atoms with Gasteiger partial charge in [-0.05, 0) is 42.2 Å². The fourth-order valence-electron chi connectivity index (χ4n) is 2.61.